The maximum atomic E-state index is 6.71. The Hall–Kier alpha value is -7.63. The van der Waals surface area contributed by atoms with Crippen LogP contribution in [0, 0.1) is 0 Å². The lowest BCUT2D eigenvalue weighted by Gasteiger charge is -2.12. The van der Waals surface area contributed by atoms with Crippen LogP contribution in [0.2, 0.25) is 0 Å². The summed E-state index contributed by atoms with van der Waals surface area (Å²) in [5.41, 5.74) is 14.4. The van der Waals surface area contributed by atoms with Gasteiger partial charge in [0.25, 0.3) is 0 Å². The van der Waals surface area contributed by atoms with Gasteiger partial charge in [-0.15, -0.1) is 0 Å². The van der Waals surface area contributed by atoms with Gasteiger partial charge in [-0.1, -0.05) is 133 Å². The summed E-state index contributed by atoms with van der Waals surface area (Å²) in [6.07, 6.45) is 3.68. The Morgan fingerprint density at radius 1 is 0.357 bits per heavy atom. The molecule has 4 aromatic heterocycles. The fourth-order valence-electron chi connectivity index (χ4n) is 7.83. The number of rotatable bonds is 6. The number of furan rings is 2. The second-order valence-electron chi connectivity index (χ2n) is 14.0. The fraction of sp³-hybridized carbons (Fsp3) is 0. The Balaban J connectivity index is 1.04. The van der Waals surface area contributed by atoms with E-state index >= 15 is 0 Å². The Kier molecular flexibility index (Phi) is 7.42. The minimum Gasteiger partial charge on any atom is -0.456 e. The molecule has 11 rings (SSSR count). The van der Waals surface area contributed by atoms with E-state index in [0.717, 1.165) is 105 Å². The predicted octanol–water partition coefficient (Wildman–Crippen LogP) is 13.7. The molecule has 11 aromatic rings. The Bertz CT molecular complexity index is 3220. The lowest BCUT2D eigenvalue weighted by Crippen LogP contribution is -1.96. The van der Waals surface area contributed by atoms with Crippen LogP contribution in [0.3, 0.4) is 0 Å². The lowest BCUT2D eigenvalue weighted by molar-refractivity contribution is 0.668. The van der Waals surface area contributed by atoms with Gasteiger partial charge in [-0.2, -0.15) is 0 Å². The van der Waals surface area contributed by atoms with Crippen molar-refractivity contribution in [1.29, 1.82) is 0 Å². The molecular formula is C51H31N3O2. The van der Waals surface area contributed by atoms with Crippen LogP contribution in [0.4, 0.5) is 0 Å². The SMILES string of the molecule is c1ccc(-c2cc(-c3ccc(-c4ccc5c(c4)oc4ccccc45)c4oc5ccccc5c34)nc(-c3ccc(-c4ccc(-c5cccnc5)cc4)cc3)n2)cc1. The number of benzene rings is 7. The molecule has 7 aromatic carbocycles. The second-order valence-corrected chi connectivity index (χ2v) is 14.0. The number of fused-ring (bicyclic) bond motifs is 6. The van der Waals surface area contributed by atoms with E-state index in [-0.39, 0.29) is 0 Å². The highest BCUT2D eigenvalue weighted by Gasteiger charge is 2.20. The van der Waals surface area contributed by atoms with Gasteiger partial charge in [0, 0.05) is 56.2 Å². The van der Waals surface area contributed by atoms with Crippen LogP contribution in [0.25, 0.3) is 111 Å². The van der Waals surface area contributed by atoms with E-state index in [1.807, 2.05) is 60.8 Å². The molecule has 0 N–H and O–H groups in total. The van der Waals surface area contributed by atoms with E-state index in [0.29, 0.717) is 5.82 Å². The molecule has 262 valence electrons. The maximum Gasteiger partial charge on any atom is 0.160 e. The Labute approximate surface area is 322 Å². The first-order valence-electron chi connectivity index (χ1n) is 18.7. The molecule has 0 fully saturated rings. The van der Waals surface area contributed by atoms with Crippen molar-refractivity contribution in [1.82, 2.24) is 15.0 Å². The van der Waals surface area contributed by atoms with E-state index < -0.39 is 0 Å². The zero-order chi connectivity index (χ0) is 37.0. The van der Waals surface area contributed by atoms with Crippen molar-refractivity contribution >= 4 is 43.9 Å². The molecule has 0 aliphatic carbocycles. The third kappa shape index (κ3) is 5.45. The van der Waals surface area contributed by atoms with E-state index in [1.54, 1.807) is 6.20 Å². The topological polar surface area (TPSA) is 65.0 Å². The molecule has 5 nitrogen and oxygen atoms in total. The van der Waals surface area contributed by atoms with Crippen LogP contribution in [-0.2, 0) is 0 Å². The molecule has 0 saturated heterocycles. The van der Waals surface area contributed by atoms with Crippen molar-refractivity contribution in [2.45, 2.75) is 0 Å². The maximum absolute atomic E-state index is 6.71. The van der Waals surface area contributed by atoms with Gasteiger partial charge in [0.05, 0.1) is 11.4 Å². The monoisotopic (exact) mass is 717 g/mol. The van der Waals surface area contributed by atoms with Crippen molar-refractivity contribution in [2.24, 2.45) is 0 Å². The molecule has 4 heterocycles. The number of pyridine rings is 1. The molecule has 0 unspecified atom stereocenters. The molecule has 0 saturated carbocycles. The number of aromatic nitrogens is 3. The van der Waals surface area contributed by atoms with Crippen molar-refractivity contribution < 1.29 is 8.83 Å². The molecule has 0 radical (unpaired) electrons. The van der Waals surface area contributed by atoms with Crippen molar-refractivity contribution in [3.8, 4) is 67.3 Å². The van der Waals surface area contributed by atoms with Crippen LogP contribution in [-0.4, -0.2) is 15.0 Å². The molecule has 0 atom stereocenters. The zero-order valence-electron chi connectivity index (χ0n) is 30.1. The first-order valence-corrected chi connectivity index (χ1v) is 18.7. The molecule has 5 heteroatoms. The number of nitrogens with zero attached hydrogens (tertiary/aromatic N) is 3. The number of para-hydroxylation sites is 2. The van der Waals surface area contributed by atoms with Crippen molar-refractivity contribution in [3.05, 3.63) is 188 Å². The van der Waals surface area contributed by atoms with Crippen LogP contribution >= 0.6 is 0 Å². The van der Waals surface area contributed by atoms with Gasteiger partial charge in [-0.05, 0) is 70.3 Å². The van der Waals surface area contributed by atoms with E-state index in [4.69, 9.17) is 18.8 Å². The molecular weight excluding hydrogens is 687 g/mol. The van der Waals surface area contributed by atoms with Crippen LogP contribution in [0.5, 0.6) is 0 Å². The summed E-state index contributed by atoms with van der Waals surface area (Å²) in [6, 6.07) is 60.6. The molecule has 0 aliphatic heterocycles. The second kappa shape index (κ2) is 13.0. The highest BCUT2D eigenvalue weighted by atomic mass is 16.3. The van der Waals surface area contributed by atoms with Crippen molar-refractivity contribution in [2.75, 3.05) is 0 Å². The van der Waals surface area contributed by atoms with Crippen LogP contribution in [0.15, 0.2) is 197 Å². The van der Waals surface area contributed by atoms with E-state index in [2.05, 4.69) is 126 Å². The molecule has 56 heavy (non-hydrogen) atoms. The van der Waals surface area contributed by atoms with Gasteiger partial charge in [0.1, 0.15) is 22.3 Å². The minimum absolute atomic E-state index is 0.653. The summed E-state index contributed by atoms with van der Waals surface area (Å²) in [5, 5.41) is 4.24. The van der Waals surface area contributed by atoms with Crippen LogP contribution < -0.4 is 0 Å². The largest absolute Gasteiger partial charge is 0.456 e. The Morgan fingerprint density at radius 2 is 0.946 bits per heavy atom. The number of hydrogen-bond acceptors (Lipinski definition) is 5. The Morgan fingerprint density at radius 3 is 1.70 bits per heavy atom. The predicted molar refractivity (Wildman–Crippen MR) is 227 cm³/mol. The van der Waals surface area contributed by atoms with Crippen molar-refractivity contribution in [3.63, 3.8) is 0 Å². The van der Waals surface area contributed by atoms with Gasteiger partial charge < -0.3 is 8.83 Å². The van der Waals surface area contributed by atoms with Crippen LogP contribution in [0.1, 0.15) is 0 Å². The van der Waals surface area contributed by atoms with E-state index in [9.17, 15) is 0 Å². The lowest BCUT2D eigenvalue weighted by atomic mass is 9.95. The summed E-state index contributed by atoms with van der Waals surface area (Å²) >= 11 is 0. The summed E-state index contributed by atoms with van der Waals surface area (Å²) in [5.74, 6) is 0.653. The average Bonchev–Trinajstić information content (AvgIpc) is 3.85. The van der Waals surface area contributed by atoms with Gasteiger partial charge in [-0.3, -0.25) is 4.98 Å². The smallest absolute Gasteiger partial charge is 0.160 e. The zero-order valence-corrected chi connectivity index (χ0v) is 30.1. The number of hydrogen-bond donors (Lipinski definition) is 0. The molecule has 0 spiro atoms. The molecule has 0 amide bonds. The van der Waals surface area contributed by atoms with Gasteiger partial charge in [0.2, 0.25) is 0 Å². The highest BCUT2D eigenvalue weighted by molar-refractivity contribution is 6.16. The summed E-state index contributed by atoms with van der Waals surface area (Å²) in [7, 11) is 0. The molecule has 0 aliphatic rings. The molecule has 0 bridgehead atoms. The first-order chi connectivity index (χ1) is 27.7. The quantitative estimate of drug-likeness (QED) is 0.171. The highest BCUT2D eigenvalue weighted by Crippen LogP contribution is 2.43. The van der Waals surface area contributed by atoms with Gasteiger partial charge in [0.15, 0.2) is 5.82 Å². The van der Waals surface area contributed by atoms with Gasteiger partial charge in [-0.25, -0.2) is 9.97 Å². The fourth-order valence-corrected chi connectivity index (χ4v) is 7.83. The van der Waals surface area contributed by atoms with Gasteiger partial charge >= 0.3 is 0 Å². The standard InChI is InChI=1S/C51H31N3O2/c1-2-9-35(10-3-1)44-30-45(54-51(53-44)36-22-20-33(21-23-36)32-16-18-34(19-17-32)38-11-8-28-52-31-38)42-27-26-39(50-49(42)43-13-5-7-15-47(43)56-50)37-24-25-41-40-12-4-6-14-46(40)55-48(41)29-37/h1-31H. The first kappa shape index (κ1) is 31.9. The normalized spacial score (nSPS) is 11.6. The third-order valence-corrected chi connectivity index (χ3v) is 10.6. The average molecular weight is 718 g/mol. The summed E-state index contributed by atoms with van der Waals surface area (Å²) in [6.45, 7) is 0. The summed E-state index contributed by atoms with van der Waals surface area (Å²) in [4.78, 5) is 14.7. The third-order valence-electron chi connectivity index (χ3n) is 10.6. The summed E-state index contributed by atoms with van der Waals surface area (Å²) < 4.78 is 13.0. The van der Waals surface area contributed by atoms with E-state index in [1.165, 1.54) is 0 Å². The minimum atomic E-state index is 0.653.